The van der Waals surface area contributed by atoms with Crippen molar-refractivity contribution in [3.8, 4) is 11.4 Å². The summed E-state index contributed by atoms with van der Waals surface area (Å²) in [4.78, 5) is 28.1. The Kier molecular flexibility index (Phi) is 6.74. The molecule has 1 N–H and O–H groups in total. The van der Waals surface area contributed by atoms with Gasteiger partial charge in [0.1, 0.15) is 5.82 Å². The summed E-state index contributed by atoms with van der Waals surface area (Å²) in [6.45, 7) is 9.27. The number of benzene rings is 1. The molecular weight excluding hydrogens is 419 g/mol. The Morgan fingerprint density at radius 2 is 2.03 bits per heavy atom. The van der Waals surface area contributed by atoms with Gasteiger partial charge in [0.25, 0.3) is 0 Å². The highest BCUT2D eigenvalue weighted by atomic mass is 32.2. The normalized spacial score (nSPS) is 11.9. The van der Waals surface area contributed by atoms with Crippen LogP contribution in [0.4, 0.5) is 4.39 Å². The number of nitrogens with zero attached hydrogens (tertiary/aromatic N) is 3. The van der Waals surface area contributed by atoms with Gasteiger partial charge in [-0.25, -0.2) is 9.18 Å². The lowest BCUT2D eigenvalue weighted by Gasteiger charge is -2.12. The molecule has 0 bridgehead atoms. The van der Waals surface area contributed by atoms with Crippen LogP contribution in [0.15, 0.2) is 42.1 Å². The first-order chi connectivity index (χ1) is 14.8. The largest absolute Gasteiger partial charge is 0.465 e. The van der Waals surface area contributed by atoms with Gasteiger partial charge in [-0.15, -0.1) is 16.8 Å². The first kappa shape index (κ1) is 22.5. The smallest absolute Gasteiger partial charge is 0.339 e. The fourth-order valence-electron chi connectivity index (χ4n) is 3.33. The number of esters is 1. The van der Waals surface area contributed by atoms with Crippen molar-refractivity contribution in [2.45, 2.75) is 37.7 Å². The molecule has 0 aliphatic carbocycles. The molecule has 0 spiro atoms. The number of H-pyrrole nitrogens is 1. The third kappa shape index (κ3) is 4.32. The van der Waals surface area contributed by atoms with E-state index in [-0.39, 0.29) is 5.78 Å². The third-order valence-corrected chi connectivity index (χ3v) is 5.95. The lowest BCUT2D eigenvalue weighted by atomic mass is 10.1. The van der Waals surface area contributed by atoms with Crippen LogP contribution in [0.1, 0.15) is 39.0 Å². The number of aromatic amines is 1. The number of allylic oxidation sites excluding steroid dienone is 1. The standard InChI is InChI=1S/C22H23FN4O3S/c1-6-11-27-20(15-9-7-8-10-16(15)23)25-26-22(27)31-14(4)19(28)18-12(2)17(13(3)24-18)21(29)30-5/h6-10,14,24H,1,11H2,2-5H3. The monoisotopic (exact) mass is 442 g/mol. The number of carbonyl (C=O) groups is 2. The maximum Gasteiger partial charge on any atom is 0.339 e. The van der Waals surface area contributed by atoms with E-state index in [1.54, 1.807) is 49.6 Å². The van der Waals surface area contributed by atoms with Crippen molar-refractivity contribution in [3.63, 3.8) is 0 Å². The second-order valence-corrected chi connectivity index (χ2v) is 8.23. The van der Waals surface area contributed by atoms with Crippen LogP contribution in [0.25, 0.3) is 11.4 Å². The predicted molar refractivity (Wildman–Crippen MR) is 117 cm³/mol. The molecular formula is C22H23FN4O3S. The Labute approximate surface area is 183 Å². The van der Waals surface area contributed by atoms with E-state index in [1.807, 2.05) is 0 Å². The van der Waals surface area contributed by atoms with Gasteiger partial charge in [-0.1, -0.05) is 30.0 Å². The van der Waals surface area contributed by atoms with Crippen molar-refractivity contribution in [1.29, 1.82) is 0 Å². The second kappa shape index (κ2) is 9.30. The van der Waals surface area contributed by atoms with E-state index in [0.29, 0.717) is 45.6 Å². The Bertz CT molecular complexity index is 1150. The number of halogens is 1. The molecule has 9 heteroatoms. The first-order valence-electron chi connectivity index (χ1n) is 9.57. The number of methoxy groups -OCH3 is 1. The van der Waals surface area contributed by atoms with Gasteiger partial charge in [-0.05, 0) is 38.5 Å². The van der Waals surface area contributed by atoms with Gasteiger partial charge in [0.2, 0.25) is 0 Å². The fourth-order valence-corrected chi connectivity index (χ4v) is 4.25. The lowest BCUT2D eigenvalue weighted by Crippen LogP contribution is -2.16. The number of ether oxygens (including phenoxy) is 1. The molecule has 1 aromatic carbocycles. The number of hydrogen-bond donors (Lipinski definition) is 1. The summed E-state index contributed by atoms with van der Waals surface area (Å²) < 4.78 is 20.8. The van der Waals surface area contributed by atoms with E-state index in [0.717, 1.165) is 0 Å². The fraction of sp³-hybridized carbons (Fsp3) is 0.273. The average Bonchev–Trinajstić information content (AvgIpc) is 3.27. The molecule has 0 amide bonds. The molecule has 162 valence electrons. The van der Waals surface area contributed by atoms with Crippen LogP contribution in [0.2, 0.25) is 0 Å². The Balaban J connectivity index is 1.91. The summed E-state index contributed by atoms with van der Waals surface area (Å²) >= 11 is 1.21. The predicted octanol–water partition coefficient (Wildman–Crippen LogP) is 4.37. The van der Waals surface area contributed by atoms with Crippen LogP contribution in [0, 0.1) is 19.7 Å². The number of rotatable bonds is 8. The van der Waals surface area contributed by atoms with Crippen LogP contribution in [0.5, 0.6) is 0 Å². The molecule has 0 fully saturated rings. The molecule has 3 rings (SSSR count). The van der Waals surface area contributed by atoms with Gasteiger partial charge in [-0.2, -0.15) is 0 Å². The van der Waals surface area contributed by atoms with E-state index in [4.69, 9.17) is 4.74 Å². The van der Waals surface area contributed by atoms with E-state index in [2.05, 4.69) is 21.8 Å². The van der Waals surface area contributed by atoms with Crippen LogP contribution < -0.4 is 0 Å². The molecule has 2 aromatic heterocycles. The highest BCUT2D eigenvalue weighted by molar-refractivity contribution is 8.00. The van der Waals surface area contributed by atoms with Crippen molar-refractivity contribution in [2.24, 2.45) is 0 Å². The van der Waals surface area contributed by atoms with Gasteiger partial charge in [-0.3, -0.25) is 9.36 Å². The molecule has 0 saturated carbocycles. The van der Waals surface area contributed by atoms with Crippen molar-refractivity contribution < 1.29 is 18.7 Å². The molecule has 1 atom stereocenters. The van der Waals surface area contributed by atoms with E-state index < -0.39 is 17.0 Å². The number of aryl methyl sites for hydroxylation is 1. The number of hydrogen-bond acceptors (Lipinski definition) is 6. The van der Waals surface area contributed by atoms with E-state index in [9.17, 15) is 14.0 Å². The number of ketones is 1. The minimum absolute atomic E-state index is 0.193. The molecule has 3 aromatic rings. The highest BCUT2D eigenvalue weighted by Crippen LogP contribution is 2.30. The van der Waals surface area contributed by atoms with Gasteiger partial charge >= 0.3 is 5.97 Å². The molecule has 31 heavy (non-hydrogen) atoms. The maximum absolute atomic E-state index is 14.3. The van der Waals surface area contributed by atoms with Gasteiger partial charge in [0.15, 0.2) is 16.8 Å². The first-order valence-corrected chi connectivity index (χ1v) is 10.4. The van der Waals surface area contributed by atoms with Crippen LogP contribution in [-0.4, -0.2) is 43.9 Å². The molecule has 1 unspecified atom stereocenters. The second-order valence-electron chi connectivity index (χ2n) is 6.93. The van der Waals surface area contributed by atoms with Crippen molar-refractivity contribution in [2.75, 3.05) is 7.11 Å². The minimum Gasteiger partial charge on any atom is -0.465 e. The van der Waals surface area contributed by atoms with E-state index in [1.165, 1.54) is 24.9 Å². The lowest BCUT2D eigenvalue weighted by molar-refractivity contribution is 0.0599. The molecule has 0 saturated heterocycles. The Morgan fingerprint density at radius 1 is 1.32 bits per heavy atom. The zero-order valence-corrected chi connectivity index (χ0v) is 18.5. The summed E-state index contributed by atoms with van der Waals surface area (Å²) in [7, 11) is 1.30. The zero-order valence-electron chi connectivity index (χ0n) is 17.7. The summed E-state index contributed by atoms with van der Waals surface area (Å²) in [5.74, 6) is -0.735. The van der Waals surface area contributed by atoms with Crippen LogP contribution >= 0.6 is 11.8 Å². The number of nitrogens with one attached hydrogen (secondary N) is 1. The summed E-state index contributed by atoms with van der Waals surface area (Å²) in [5.41, 5.74) is 2.14. The number of aromatic nitrogens is 4. The average molecular weight is 443 g/mol. The third-order valence-electron chi connectivity index (χ3n) is 4.87. The van der Waals surface area contributed by atoms with Gasteiger partial charge < -0.3 is 9.72 Å². The van der Waals surface area contributed by atoms with E-state index >= 15 is 0 Å². The van der Waals surface area contributed by atoms with Gasteiger partial charge in [0, 0.05) is 12.2 Å². The molecule has 0 aliphatic heterocycles. The van der Waals surface area contributed by atoms with Crippen molar-refractivity contribution in [3.05, 3.63) is 65.3 Å². The SMILES string of the molecule is C=CCn1c(SC(C)C(=O)c2[nH]c(C)c(C(=O)OC)c2C)nnc1-c1ccccc1F. The maximum atomic E-state index is 14.3. The highest BCUT2D eigenvalue weighted by Gasteiger charge is 2.27. The summed E-state index contributed by atoms with van der Waals surface area (Å²) in [6.07, 6.45) is 1.66. The topological polar surface area (TPSA) is 89.9 Å². The number of Topliss-reactive ketones (excluding diaryl/α,β-unsaturated/α-hetero) is 1. The number of thioether (sulfide) groups is 1. The van der Waals surface area contributed by atoms with Crippen molar-refractivity contribution in [1.82, 2.24) is 19.7 Å². The quantitative estimate of drug-likeness (QED) is 0.241. The summed E-state index contributed by atoms with van der Waals surface area (Å²) in [6, 6.07) is 6.31. The summed E-state index contributed by atoms with van der Waals surface area (Å²) in [5, 5.41) is 8.25. The van der Waals surface area contributed by atoms with Crippen LogP contribution in [0.3, 0.4) is 0 Å². The van der Waals surface area contributed by atoms with Crippen LogP contribution in [-0.2, 0) is 11.3 Å². The zero-order chi connectivity index (χ0) is 22.7. The Hall–Kier alpha value is -3.20. The van der Waals surface area contributed by atoms with Gasteiger partial charge in [0.05, 0.1) is 29.2 Å². The molecule has 2 heterocycles. The molecule has 7 nitrogen and oxygen atoms in total. The number of carbonyl (C=O) groups excluding carboxylic acids is 2. The van der Waals surface area contributed by atoms with Crippen molar-refractivity contribution >= 4 is 23.5 Å². The molecule has 0 aliphatic rings. The molecule has 0 radical (unpaired) electrons. The Morgan fingerprint density at radius 3 is 2.68 bits per heavy atom. The minimum atomic E-state index is -0.538.